The van der Waals surface area contributed by atoms with E-state index in [1.807, 2.05) is 36.1 Å². The Morgan fingerprint density at radius 1 is 1.47 bits per heavy atom. The zero-order valence-corrected chi connectivity index (χ0v) is 11.4. The van der Waals surface area contributed by atoms with Gasteiger partial charge in [0, 0.05) is 18.8 Å². The zero-order chi connectivity index (χ0) is 13.8. The van der Waals surface area contributed by atoms with Crippen molar-refractivity contribution in [3.05, 3.63) is 29.8 Å². The number of rotatable bonds is 3. The summed E-state index contributed by atoms with van der Waals surface area (Å²) >= 11 is 0. The van der Waals surface area contributed by atoms with E-state index in [-0.39, 0.29) is 12.0 Å². The normalized spacial score (nSPS) is 18.3. The zero-order valence-electron chi connectivity index (χ0n) is 11.4. The number of nitrogens with two attached hydrogens (primary N) is 1. The molecule has 1 aromatic rings. The number of aliphatic hydroxyl groups is 1. The van der Waals surface area contributed by atoms with Crippen LogP contribution in [0.15, 0.2) is 24.3 Å². The van der Waals surface area contributed by atoms with Gasteiger partial charge in [-0.05, 0) is 43.4 Å². The molecule has 0 bridgehead atoms. The Labute approximate surface area is 114 Å². The minimum Gasteiger partial charge on any atom is -0.399 e. The van der Waals surface area contributed by atoms with E-state index < -0.39 is 0 Å². The molecular weight excluding hydrogens is 240 g/mol. The number of amides is 1. The summed E-state index contributed by atoms with van der Waals surface area (Å²) in [4.78, 5) is 14.1. The van der Waals surface area contributed by atoms with Gasteiger partial charge in [0.15, 0.2) is 0 Å². The van der Waals surface area contributed by atoms with Crippen LogP contribution in [0.25, 0.3) is 0 Å². The molecule has 1 aliphatic rings. The van der Waals surface area contributed by atoms with Crippen LogP contribution in [0, 0.1) is 5.92 Å². The summed E-state index contributed by atoms with van der Waals surface area (Å²) in [5.41, 5.74) is 7.37. The van der Waals surface area contributed by atoms with Gasteiger partial charge in [0.05, 0.1) is 12.5 Å². The Bertz CT molecular complexity index is 438. The fraction of sp³-hybridized carbons (Fsp3) is 0.533. The number of anilines is 1. The summed E-state index contributed by atoms with van der Waals surface area (Å²) in [5.74, 6) is 0.478. The monoisotopic (exact) mass is 262 g/mol. The van der Waals surface area contributed by atoms with Crippen molar-refractivity contribution in [1.29, 1.82) is 0 Å². The third-order valence-electron chi connectivity index (χ3n) is 3.88. The van der Waals surface area contributed by atoms with Gasteiger partial charge in [-0.1, -0.05) is 12.1 Å². The molecular formula is C15H22N2O2. The summed E-state index contributed by atoms with van der Waals surface area (Å²) in [6, 6.07) is 7.47. The molecule has 4 nitrogen and oxygen atoms in total. The van der Waals surface area contributed by atoms with Crippen molar-refractivity contribution < 1.29 is 9.90 Å². The molecule has 4 heteroatoms. The minimum absolute atomic E-state index is 0.148. The van der Waals surface area contributed by atoms with Crippen molar-refractivity contribution in [2.75, 3.05) is 18.8 Å². The molecule has 1 fully saturated rings. The van der Waals surface area contributed by atoms with Crippen molar-refractivity contribution in [3.63, 3.8) is 0 Å². The van der Waals surface area contributed by atoms with Crippen LogP contribution in [0.3, 0.4) is 0 Å². The van der Waals surface area contributed by atoms with Gasteiger partial charge < -0.3 is 15.7 Å². The maximum Gasteiger partial charge on any atom is 0.226 e. The van der Waals surface area contributed by atoms with Crippen LogP contribution < -0.4 is 5.73 Å². The van der Waals surface area contributed by atoms with Crippen molar-refractivity contribution in [1.82, 2.24) is 4.90 Å². The summed E-state index contributed by atoms with van der Waals surface area (Å²) < 4.78 is 0. The first-order chi connectivity index (χ1) is 9.06. The quantitative estimate of drug-likeness (QED) is 0.810. The van der Waals surface area contributed by atoms with Crippen molar-refractivity contribution >= 4 is 11.6 Å². The van der Waals surface area contributed by atoms with Crippen molar-refractivity contribution in [2.45, 2.75) is 32.3 Å². The summed E-state index contributed by atoms with van der Waals surface area (Å²) in [6.45, 7) is 3.32. The number of nitrogen functional groups attached to an aromatic ring is 1. The number of carbonyl (C=O) groups is 1. The van der Waals surface area contributed by atoms with Crippen LogP contribution in [0.5, 0.6) is 0 Å². The van der Waals surface area contributed by atoms with Gasteiger partial charge in [0.2, 0.25) is 5.91 Å². The molecule has 1 aromatic carbocycles. The predicted molar refractivity (Wildman–Crippen MR) is 75.5 cm³/mol. The maximum atomic E-state index is 12.2. The Balaban J connectivity index is 1.88. The van der Waals surface area contributed by atoms with E-state index in [9.17, 15) is 9.90 Å². The molecule has 1 saturated heterocycles. The molecule has 3 N–H and O–H groups in total. The van der Waals surface area contributed by atoms with Gasteiger partial charge >= 0.3 is 0 Å². The lowest BCUT2D eigenvalue weighted by molar-refractivity contribution is -0.132. The Hall–Kier alpha value is -1.55. The van der Waals surface area contributed by atoms with Crippen LogP contribution in [0.2, 0.25) is 0 Å². The molecule has 0 aliphatic carbocycles. The van der Waals surface area contributed by atoms with E-state index in [1.165, 1.54) is 0 Å². The van der Waals surface area contributed by atoms with Gasteiger partial charge in [-0.25, -0.2) is 0 Å². The maximum absolute atomic E-state index is 12.2. The average Bonchev–Trinajstić information content (AvgIpc) is 2.39. The second-order valence-electron chi connectivity index (χ2n) is 5.38. The van der Waals surface area contributed by atoms with Crippen molar-refractivity contribution in [2.24, 2.45) is 5.92 Å². The summed E-state index contributed by atoms with van der Waals surface area (Å²) in [5, 5.41) is 9.55. The number of benzene rings is 1. The predicted octanol–water partition coefficient (Wildman–Crippen LogP) is 1.43. The van der Waals surface area contributed by atoms with E-state index >= 15 is 0 Å². The standard InChI is InChI=1S/C15H22N2O2/c1-11(18)13-5-7-17(8-6-13)15(19)10-12-3-2-4-14(16)9-12/h2-4,9,11,13,18H,5-8,10,16H2,1H3. The van der Waals surface area contributed by atoms with Gasteiger partial charge in [0.25, 0.3) is 0 Å². The lowest BCUT2D eigenvalue weighted by Crippen LogP contribution is -2.41. The van der Waals surface area contributed by atoms with Crippen LogP contribution in [-0.4, -0.2) is 35.1 Å². The number of likely N-dealkylation sites (tertiary alicyclic amines) is 1. The first-order valence-corrected chi connectivity index (χ1v) is 6.86. The fourth-order valence-electron chi connectivity index (χ4n) is 2.62. The van der Waals surface area contributed by atoms with Crippen LogP contribution in [0.1, 0.15) is 25.3 Å². The highest BCUT2D eigenvalue weighted by Crippen LogP contribution is 2.21. The first kappa shape index (κ1) is 13.9. The number of aliphatic hydroxyl groups excluding tert-OH is 1. The van der Waals surface area contributed by atoms with Crippen LogP contribution in [0.4, 0.5) is 5.69 Å². The third kappa shape index (κ3) is 3.70. The van der Waals surface area contributed by atoms with Gasteiger partial charge in [-0.3, -0.25) is 4.79 Å². The Kier molecular flexibility index (Phi) is 4.43. The average molecular weight is 262 g/mol. The third-order valence-corrected chi connectivity index (χ3v) is 3.88. The molecule has 104 valence electrons. The number of piperidine rings is 1. The Morgan fingerprint density at radius 3 is 2.74 bits per heavy atom. The van der Waals surface area contributed by atoms with Gasteiger partial charge in [0.1, 0.15) is 0 Å². The molecule has 2 rings (SSSR count). The van der Waals surface area contributed by atoms with Gasteiger partial charge in [-0.15, -0.1) is 0 Å². The number of carbonyl (C=O) groups excluding carboxylic acids is 1. The highest BCUT2D eigenvalue weighted by molar-refractivity contribution is 5.79. The SMILES string of the molecule is CC(O)C1CCN(C(=O)Cc2cccc(N)c2)CC1. The summed E-state index contributed by atoms with van der Waals surface area (Å²) in [6.07, 6.45) is 1.91. The number of hydrogen-bond donors (Lipinski definition) is 2. The van der Waals surface area contributed by atoms with E-state index in [2.05, 4.69) is 0 Å². The lowest BCUT2D eigenvalue weighted by Gasteiger charge is -2.33. The number of nitrogens with zero attached hydrogens (tertiary/aromatic N) is 1. The van der Waals surface area contributed by atoms with Crippen LogP contribution in [-0.2, 0) is 11.2 Å². The van der Waals surface area contributed by atoms with Crippen LogP contribution >= 0.6 is 0 Å². The molecule has 1 aliphatic heterocycles. The molecule has 19 heavy (non-hydrogen) atoms. The molecule has 1 heterocycles. The fourth-order valence-corrected chi connectivity index (χ4v) is 2.62. The molecule has 0 saturated carbocycles. The molecule has 0 spiro atoms. The first-order valence-electron chi connectivity index (χ1n) is 6.86. The van der Waals surface area contributed by atoms with E-state index in [0.717, 1.165) is 31.5 Å². The van der Waals surface area contributed by atoms with Gasteiger partial charge in [-0.2, -0.15) is 0 Å². The highest BCUT2D eigenvalue weighted by Gasteiger charge is 2.25. The highest BCUT2D eigenvalue weighted by atomic mass is 16.3. The van der Waals surface area contributed by atoms with E-state index in [4.69, 9.17) is 5.73 Å². The second kappa shape index (κ2) is 6.06. The Morgan fingerprint density at radius 2 is 2.16 bits per heavy atom. The van der Waals surface area contributed by atoms with E-state index in [0.29, 0.717) is 18.0 Å². The summed E-state index contributed by atoms with van der Waals surface area (Å²) in [7, 11) is 0. The smallest absolute Gasteiger partial charge is 0.226 e. The second-order valence-corrected chi connectivity index (χ2v) is 5.38. The molecule has 1 amide bonds. The van der Waals surface area contributed by atoms with Crippen molar-refractivity contribution in [3.8, 4) is 0 Å². The molecule has 1 atom stereocenters. The topological polar surface area (TPSA) is 66.6 Å². The molecule has 0 radical (unpaired) electrons. The molecule has 1 unspecified atom stereocenters. The minimum atomic E-state index is -0.272. The largest absolute Gasteiger partial charge is 0.399 e. The van der Waals surface area contributed by atoms with E-state index in [1.54, 1.807) is 0 Å². The molecule has 0 aromatic heterocycles. The number of hydrogen-bond acceptors (Lipinski definition) is 3. The lowest BCUT2D eigenvalue weighted by atomic mass is 9.92.